The quantitative estimate of drug-likeness (QED) is 0.891. The predicted molar refractivity (Wildman–Crippen MR) is 67.3 cm³/mol. The highest BCUT2D eigenvalue weighted by Gasteiger charge is 2.06. The Kier molecular flexibility index (Phi) is 3.53. The summed E-state index contributed by atoms with van der Waals surface area (Å²) < 4.78 is 14.5. The van der Waals surface area contributed by atoms with Gasteiger partial charge in [-0.2, -0.15) is 5.10 Å². The summed E-state index contributed by atoms with van der Waals surface area (Å²) >= 11 is 0. The Morgan fingerprint density at radius 2 is 2.00 bits per heavy atom. The largest absolute Gasteiger partial charge is 0.314 e. The van der Waals surface area contributed by atoms with Crippen molar-refractivity contribution in [1.82, 2.24) is 15.1 Å². The van der Waals surface area contributed by atoms with Crippen LogP contribution in [0.15, 0.2) is 35.1 Å². The molecule has 4 nitrogen and oxygen atoms in total. The lowest BCUT2D eigenvalue weighted by atomic mass is 10.2. The maximum atomic E-state index is 12.9. The number of benzene rings is 1. The average Bonchev–Trinajstić information content (AvgIpc) is 2.34. The van der Waals surface area contributed by atoms with Crippen LogP contribution in [0.25, 0.3) is 5.69 Å². The third-order valence-electron chi connectivity index (χ3n) is 2.59. The van der Waals surface area contributed by atoms with E-state index in [1.807, 2.05) is 0 Å². The molecule has 94 valence electrons. The SMILES string of the molecule is CNCc1nn(-c2ccc(F)cc2)c(C)cc1=O. The highest BCUT2D eigenvalue weighted by atomic mass is 19.1. The summed E-state index contributed by atoms with van der Waals surface area (Å²) in [4.78, 5) is 11.7. The van der Waals surface area contributed by atoms with Crippen LogP contribution >= 0.6 is 0 Å². The van der Waals surface area contributed by atoms with Gasteiger partial charge in [-0.25, -0.2) is 9.07 Å². The van der Waals surface area contributed by atoms with Crippen molar-refractivity contribution in [3.63, 3.8) is 0 Å². The molecule has 0 atom stereocenters. The summed E-state index contributed by atoms with van der Waals surface area (Å²) in [6.45, 7) is 2.20. The van der Waals surface area contributed by atoms with Gasteiger partial charge in [0.05, 0.1) is 5.69 Å². The topological polar surface area (TPSA) is 46.9 Å². The van der Waals surface area contributed by atoms with Gasteiger partial charge in [0, 0.05) is 18.3 Å². The Morgan fingerprint density at radius 3 is 2.61 bits per heavy atom. The van der Waals surface area contributed by atoms with Gasteiger partial charge in [-0.15, -0.1) is 0 Å². The van der Waals surface area contributed by atoms with Gasteiger partial charge < -0.3 is 5.32 Å². The molecule has 1 aromatic carbocycles. The minimum Gasteiger partial charge on any atom is -0.314 e. The number of nitrogens with zero attached hydrogens (tertiary/aromatic N) is 2. The minimum absolute atomic E-state index is 0.0970. The Morgan fingerprint density at radius 1 is 1.33 bits per heavy atom. The second kappa shape index (κ2) is 5.10. The molecule has 0 radical (unpaired) electrons. The zero-order valence-electron chi connectivity index (χ0n) is 10.3. The van der Waals surface area contributed by atoms with Crippen LogP contribution in [0, 0.1) is 12.7 Å². The van der Waals surface area contributed by atoms with Crippen LogP contribution in [0.4, 0.5) is 4.39 Å². The van der Waals surface area contributed by atoms with Gasteiger partial charge in [0.15, 0.2) is 0 Å². The van der Waals surface area contributed by atoms with Crippen LogP contribution in [0.5, 0.6) is 0 Å². The van der Waals surface area contributed by atoms with Crippen molar-refractivity contribution in [3.8, 4) is 5.69 Å². The van der Waals surface area contributed by atoms with Crippen molar-refractivity contribution in [2.45, 2.75) is 13.5 Å². The summed E-state index contributed by atoms with van der Waals surface area (Å²) in [7, 11) is 1.75. The third kappa shape index (κ3) is 2.46. The van der Waals surface area contributed by atoms with Gasteiger partial charge in [-0.3, -0.25) is 4.79 Å². The molecule has 0 unspecified atom stereocenters. The van der Waals surface area contributed by atoms with Gasteiger partial charge in [-0.05, 0) is 38.2 Å². The lowest BCUT2D eigenvalue weighted by Gasteiger charge is -2.11. The summed E-state index contributed by atoms with van der Waals surface area (Å²) in [6, 6.07) is 7.52. The zero-order valence-corrected chi connectivity index (χ0v) is 10.3. The number of hydrogen-bond donors (Lipinski definition) is 1. The van der Waals surface area contributed by atoms with Crippen molar-refractivity contribution < 1.29 is 4.39 Å². The monoisotopic (exact) mass is 247 g/mol. The fourth-order valence-electron chi connectivity index (χ4n) is 1.72. The molecular formula is C13H14FN3O. The zero-order chi connectivity index (χ0) is 13.1. The van der Waals surface area contributed by atoms with E-state index >= 15 is 0 Å². The summed E-state index contributed by atoms with van der Waals surface area (Å²) in [5.41, 5.74) is 1.78. The fraction of sp³-hybridized carbons (Fsp3) is 0.231. The van der Waals surface area contributed by atoms with Gasteiger partial charge >= 0.3 is 0 Å². The fourth-order valence-corrected chi connectivity index (χ4v) is 1.72. The van der Waals surface area contributed by atoms with E-state index in [9.17, 15) is 9.18 Å². The molecule has 2 rings (SSSR count). The highest BCUT2D eigenvalue weighted by molar-refractivity contribution is 5.32. The van der Waals surface area contributed by atoms with Crippen molar-refractivity contribution in [2.75, 3.05) is 7.05 Å². The van der Waals surface area contributed by atoms with E-state index in [4.69, 9.17) is 0 Å². The van der Waals surface area contributed by atoms with Crippen LogP contribution in [0.2, 0.25) is 0 Å². The molecule has 0 aliphatic carbocycles. The normalized spacial score (nSPS) is 10.6. The van der Waals surface area contributed by atoms with Crippen LogP contribution in [-0.4, -0.2) is 16.8 Å². The molecule has 0 aliphatic heterocycles. The van der Waals surface area contributed by atoms with Crippen molar-refractivity contribution in [2.24, 2.45) is 0 Å². The number of halogens is 1. The van der Waals surface area contributed by atoms with E-state index in [1.165, 1.54) is 18.2 Å². The third-order valence-corrected chi connectivity index (χ3v) is 2.59. The first kappa shape index (κ1) is 12.4. The number of aryl methyl sites for hydroxylation is 1. The number of aromatic nitrogens is 2. The van der Waals surface area contributed by atoms with Crippen LogP contribution in [0.3, 0.4) is 0 Å². The van der Waals surface area contributed by atoms with E-state index in [2.05, 4.69) is 10.4 Å². The molecule has 1 N–H and O–H groups in total. The molecule has 1 aromatic heterocycles. The first-order valence-electron chi connectivity index (χ1n) is 5.62. The predicted octanol–water partition coefficient (Wildman–Crippen LogP) is 1.40. The highest BCUT2D eigenvalue weighted by Crippen LogP contribution is 2.09. The molecule has 5 heteroatoms. The molecule has 1 heterocycles. The second-order valence-corrected chi connectivity index (χ2v) is 4.02. The van der Waals surface area contributed by atoms with Crippen molar-refractivity contribution in [1.29, 1.82) is 0 Å². The molecule has 2 aromatic rings. The summed E-state index contributed by atoms with van der Waals surface area (Å²) in [6.07, 6.45) is 0. The minimum atomic E-state index is -0.298. The van der Waals surface area contributed by atoms with Gasteiger partial charge in [0.2, 0.25) is 5.43 Å². The summed E-state index contributed by atoms with van der Waals surface area (Å²) in [5, 5.41) is 7.18. The van der Waals surface area contributed by atoms with E-state index in [0.717, 1.165) is 5.69 Å². The smallest absolute Gasteiger partial charge is 0.204 e. The lowest BCUT2D eigenvalue weighted by Crippen LogP contribution is -2.22. The van der Waals surface area contributed by atoms with E-state index in [-0.39, 0.29) is 11.2 Å². The first-order chi connectivity index (χ1) is 8.61. The number of hydrogen-bond acceptors (Lipinski definition) is 3. The maximum Gasteiger partial charge on any atom is 0.204 e. The van der Waals surface area contributed by atoms with Gasteiger partial charge in [-0.1, -0.05) is 0 Å². The van der Waals surface area contributed by atoms with Crippen molar-refractivity contribution >= 4 is 0 Å². The molecule has 0 amide bonds. The van der Waals surface area contributed by atoms with E-state index in [0.29, 0.717) is 17.9 Å². The van der Waals surface area contributed by atoms with E-state index < -0.39 is 0 Å². The first-order valence-corrected chi connectivity index (χ1v) is 5.62. The Balaban J connectivity index is 2.53. The number of nitrogens with one attached hydrogen (secondary N) is 1. The van der Waals surface area contributed by atoms with Gasteiger partial charge in [0.1, 0.15) is 11.5 Å². The van der Waals surface area contributed by atoms with E-state index in [1.54, 1.807) is 30.8 Å². The Labute approximate surface area is 104 Å². The Hall–Kier alpha value is -2.01. The second-order valence-electron chi connectivity index (χ2n) is 4.02. The molecule has 0 bridgehead atoms. The molecule has 18 heavy (non-hydrogen) atoms. The van der Waals surface area contributed by atoms with Crippen LogP contribution < -0.4 is 10.7 Å². The van der Waals surface area contributed by atoms with Gasteiger partial charge in [0.25, 0.3) is 0 Å². The van der Waals surface area contributed by atoms with Crippen LogP contribution in [0.1, 0.15) is 11.4 Å². The standard InChI is InChI=1S/C13H14FN3O/c1-9-7-13(18)12(8-15-2)16-17(9)11-5-3-10(14)4-6-11/h3-7,15H,8H2,1-2H3. The van der Waals surface area contributed by atoms with Crippen LogP contribution in [-0.2, 0) is 6.54 Å². The van der Waals surface area contributed by atoms with Crippen molar-refractivity contribution in [3.05, 3.63) is 57.8 Å². The molecule has 0 aliphatic rings. The summed E-state index contributed by atoms with van der Waals surface area (Å²) in [5.74, 6) is -0.298. The molecular weight excluding hydrogens is 233 g/mol. The average molecular weight is 247 g/mol. The molecule has 0 spiro atoms. The molecule has 0 saturated heterocycles. The molecule has 0 fully saturated rings. The maximum absolute atomic E-state index is 12.9. The number of rotatable bonds is 3. The lowest BCUT2D eigenvalue weighted by molar-refractivity contribution is 0.626. The Bertz CT molecular complexity index is 605. The molecule has 0 saturated carbocycles.